The molecular formula is C20H20ClN3O4. The highest BCUT2D eigenvalue weighted by atomic mass is 35.5. The molecule has 1 aliphatic heterocycles. The third kappa shape index (κ3) is 4.32. The summed E-state index contributed by atoms with van der Waals surface area (Å²) in [4.78, 5) is 16.8. The third-order valence-corrected chi connectivity index (χ3v) is 4.35. The van der Waals surface area contributed by atoms with Gasteiger partial charge in [-0.1, -0.05) is 29.4 Å². The minimum Gasteiger partial charge on any atom is -0.486 e. The van der Waals surface area contributed by atoms with Crippen LogP contribution in [0.25, 0.3) is 11.4 Å². The van der Waals surface area contributed by atoms with Crippen LogP contribution in [0.5, 0.6) is 11.5 Å². The number of ketones is 1. The van der Waals surface area contributed by atoms with Gasteiger partial charge < -0.3 is 19.7 Å². The van der Waals surface area contributed by atoms with E-state index < -0.39 is 0 Å². The van der Waals surface area contributed by atoms with E-state index in [0.29, 0.717) is 55.0 Å². The molecule has 0 fully saturated rings. The Labute approximate surface area is 168 Å². The number of carbonyl (C=O) groups is 1. The first-order valence-corrected chi connectivity index (χ1v) is 8.78. The number of aryl methyl sites for hydroxylation is 1. The lowest BCUT2D eigenvalue weighted by Crippen LogP contribution is -2.15. The number of rotatable bonds is 6. The zero-order valence-corrected chi connectivity index (χ0v) is 15.9. The second-order valence-electron chi connectivity index (χ2n) is 6.19. The predicted octanol–water partition coefficient (Wildman–Crippen LogP) is 3.20. The van der Waals surface area contributed by atoms with Crippen LogP contribution >= 0.6 is 12.4 Å². The average molecular weight is 402 g/mol. The van der Waals surface area contributed by atoms with Crippen molar-refractivity contribution >= 4 is 18.2 Å². The summed E-state index contributed by atoms with van der Waals surface area (Å²) in [5, 5.41) is 3.99. The lowest BCUT2D eigenvalue weighted by molar-refractivity contribution is 0.0978. The van der Waals surface area contributed by atoms with Crippen LogP contribution in [0.1, 0.15) is 28.2 Å². The van der Waals surface area contributed by atoms with Crippen molar-refractivity contribution in [3.05, 3.63) is 59.5 Å². The summed E-state index contributed by atoms with van der Waals surface area (Å²) in [5.74, 6) is 2.19. The van der Waals surface area contributed by atoms with Crippen molar-refractivity contribution < 1.29 is 18.8 Å². The molecule has 8 heteroatoms. The molecule has 3 aromatic rings. The van der Waals surface area contributed by atoms with Crippen LogP contribution in [0.3, 0.4) is 0 Å². The smallest absolute Gasteiger partial charge is 0.227 e. The molecule has 2 N–H and O–H groups in total. The summed E-state index contributed by atoms with van der Waals surface area (Å²) in [6.07, 6.45) is 0.647. The topological polar surface area (TPSA) is 100 Å². The van der Waals surface area contributed by atoms with Gasteiger partial charge in [-0.05, 0) is 23.8 Å². The van der Waals surface area contributed by atoms with Gasteiger partial charge in [0.15, 0.2) is 17.3 Å². The molecule has 1 aliphatic rings. The molecule has 0 radical (unpaired) electrons. The van der Waals surface area contributed by atoms with E-state index in [1.165, 1.54) is 0 Å². The number of carbonyl (C=O) groups excluding carboxylic acids is 1. The minimum atomic E-state index is -0.0148. The second-order valence-corrected chi connectivity index (χ2v) is 6.19. The highest BCUT2D eigenvalue weighted by Gasteiger charge is 2.16. The standard InChI is InChI=1S/C20H19N3O4.ClH/c21-12-13-1-3-14(4-2-13)20-22-19(27-23-20)8-6-16(24)15-5-7-17-18(11-15)26-10-9-25-17;/h1-5,7,11H,6,8-10,12,21H2;1H. The molecule has 0 aliphatic carbocycles. The Morgan fingerprint density at radius 3 is 2.54 bits per heavy atom. The van der Waals surface area contributed by atoms with Gasteiger partial charge in [-0.25, -0.2) is 0 Å². The van der Waals surface area contributed by atoms with Crippen molar-refractivity contribution in [2.24, 2.45) is 5.73 Å². The molecule has 0 amide bonds. The van der Waals surface area contributed by atoms with Crippen LogP contribution in [-0.2, 0) is 13.0 Å². The van der Waals surface area contributed by atoms with Crippen molar-refractivity contribution in [1.82, 2.24) is 10.1 Å². The van der Waals surface area contributed by atoms with Gasteiger partial charge in [-0.2, -0.15) is 4.98 Å². The van der Waals surface area contributed by atoms with Crippen LogP contribution < -0.4 is 15.2 Å². The maximum absolute atomic E-state index is 12.5. The Hall–Kier alpha value is -2.90. The molecule has 7 nitrogen and oxygen atoms in total. The summed E-state index contributed by atoms with van der Waals surface area (Å²) in [6, 6.07) is 12.9. The molecule has 0 unspecified atom stereocenters. The number of aromatic nitrogens is 2. The summed E-state index contributed by atoms with van der Waals surface area (Å²) >= 11 is 0. The summed E-state index contributed by atoms with van der Waals surface area (Å²) in [7, 11) is 0. The van der Waals surface area contributed by atoms with E-state index >= 15 is 0 Å². The molecule has 1 aromatic heterocycles. The Bertz CT molecular complexity index is 956. The maximum Gasteiger partial charge on any atom is 0.227 e. The fourth-order valence-corrected chi connectivity index (χ4v) is 2.85. The summed E-state index contributed by atoms with van der Waals surface area (Å²) < 4.78 is 16.3. The monoisotopic (exact) mass is 401 g/mol. The van der Waals surface area contributed by atoms with Crippen molar-refractivity contribution in [2.75, 3.05) is 13.2 Å². The molecule has 0 spiro atoms. The van der Waals surface area contributed by atoms with Gasteiger partial charge in [0.25, 0.3) is 0 Å². The maximum atomic E-state index is 12.5. The first-order chi connectivity index (χ1) is 13.2. The Morgan fingerprint density at radius 1 is 1.04 bits per heavy atom. The van der Waals surface area contributed by atoms with E-state index in [1.807, 2.05) is 24.3 Å². The van der Waals surface area contributed by atoms with Gasteiger partial charge >= 0.3 is 0 Å². The van der Waals surface area contributed by atoms with Crippen LogP contribution in [0.15, 0.2) is 47.0 Å². The first kappa shape index (κ1) is 19.9. The van der Waals surface area contributed by atoms with Gasteiger partial charge in [0.1, 0.15) is 13.2 Å². The van der Waals surface area contributed by atoms with Crippen LogP contribution in [0, 0.1) is 0 Å². The van der Waals surface area contributed by atoms with E-state index in [1.54, 1.807) is 18.2 Å². The molecule has 2 heterocycles. The van der Waals surface area contributed by atoms with E-state index in [0.717, 1.165) is 11.1 Å². The van der Waals surface area contributed by atoms with Crippen molar-refractivity contribution in [3.63, 3.8) is 0 Å². The number of hydrogen-bond donors (Lipinski definition) is 1. The highest BCUT2D eigenvalue weighted by Crippen LogP contribution is 2.31. The number of nitrogens with zero attached hydrogens (tertiary/aromatic N) is 2. The van der Waals surface area contributed by atoms with E-state index in [4.69, 9.17) is 19.7 Å². The van der Waals surface area contributed by atoms with E-state index in [-0.39, 0.29) is 24.6 Å². The molecule has 146 valence electrons. The molecule has 0 atom stereocenters. The Balaban J connectivity index is 0.00000225. The van der Waals surface area contributed by atoms with E-state index in [9.17, 15) is 4.79 Å². The number of nitrogens with two attached hydrogens (primary N) is 1. The van der Waals surface area contributed by atoms with Gasteiger partial charge in [0.05, 0.1) is 0 Å². The van der Waals surface area contributed by atoms with Gasteiger partial charge in [0.2, 0.25) is 11.7 Å². The third-order valence-electron chi connectivity index (χ3n) is 4.35. The van der Waals surface area contributed by atoms with Crippen molar-refractivity contribution in [3.8, 4) is 22.9 Å². The largest absolute Gasteiger partial charge is 0.486 e. The minimum absolute atomic E-state index is 0. The Kier molecular flexibility index (Phi) is 6.28. The van der Waals surface area contributed by atoms with Gasteiger partial charge in [-0.15, -0.1) is 12.4 Å². The number of fused-ring (bicyclic) bond motifs is 1. The lowest BCUT2D eigenvalue weighted by atomic mass is 10.1. The number of Topliss-reactive ketones (excluding diaryl/α,β-unsaturated/α-hetero) is 1. The average Bonchev–Trinajstić information content (AvgIpc) is 3.21. The van der Waals surface area contributed by atoms with Crippen molar-refractivity contribution in [1.29, 1.82) is 0 Å². The lowest BCUT2D eigenvalue weighted by Gasteiger charge is -2.18. The number of hydrogen-bond acceptors (Lipinski definition) is 7. The van der Waals surface area contributed by atoms with Gasteiger partial charge in [0, 0.05) is 30.5 Å². The summed E-state index contributed by atoms with van der Waals surface area (Å²) in [5.41, 5.74) is 8.06. The molecule has 4 rings (SSSR count). The SMILES string of the molecule is Cl.NCc1ccc(-c2noc(CCC(=O)c3ccc4c(c3)OCCO4)n2)cc1. The molecule has 2 aromatic carbocycles. The summed E-state index contributed by atoms with van der Waals surface area (Å²) in [6.45, 7) is 1.50. The molecule has 0 saturated carbocycles. The molecule has 0 saturated heterocycles. The van der Waals surface area contributed by atoms with Crippen LogP contribution in [0.4, 0.5) is 0 Å². The second kappa shape index (κ2) is 8.86. The van der Waals surface area contributed by atoms with Crippen LogP contribution in [0.2, 0.25) is 0 Å². The predicted molar refractivity (Wildman–Crippen MR) is 105 cm³/mol. The van der Waals surface area contributed by atoms with Crippen molar-refractivity contribution in [2.45, 2.75) is 19.4 Å². The number of ether oxygens (including phenoxy) is 2. The number of benzene rings is 2. The fourth-order valence-electron chi connectivity index (χ4n) is 2.85. The van der Waals surface area contributed by atoms with Crippen LogP contribution in [-0.4, -0.2) is 29.1 Å². The normalized spacial score (nSPS) is 12.3. The first-order valence-electron chi connectivity index (χ1n) is 8.78. The quantitative estimate of drug-likeness (QED) is 0.633. The fraction of sp³-hybridized carbons (Fsp3) is 0.250. The molecular weight excluding hydrogens is 382 g/mol. The molecule has 28 heavy (non-hydrogen) atoms. The van der Waals surface area contributed by atoms with Gasteiger partial charge in [-0.3, -0.25) is 4.79 Å². The zero-order chi connectivity index (χ0) is 18.6. The van der Waals surface area contributed by atoms with E-state index in [2.05, 4.69) is 10.1 Å². The number of halogens is 1. The zero-order valence-electron chi connectivity index (χ0n) is 15.1. The highest BCUT2D eigenvalue weighted by molar-refractivity contribution is 5.96. The Morgan fingerprint density at radius 2 is 1.79 bits per heavy atom. The molecule has 0 bridgehead atoms.